The molecule has 0 bridgehead atoms. The molecule has 9 heteroatoms. The number of rotatable bonds is 6. The van der Waals surface area contributed by atoms with Crippen molar-refractivity contribution in [1.29, 1.82) is 0 Å². The second-order valence-corrected chi connectivity index (χ2v) is 6.44. The molecule has 0 amide bonds. The van der Waals surface area contributed by atoms with Crippen LogP contribution in [0.5, 0.6) is 0 Å². The van der Waals surface area contributed by atoms with Gasteiger partial charge in [-0.05, 0) is 19.8 Å². The predicted octanol–water partition coefficient (Wildman–Crippen LogP) is -0.186. The van der Waals surface area contributed by atoms with E-state index in [4.69, 9.17) is 9.84 Å². The summed E-state index contributed by atoms with van der Waals surface area (Å²) < 4.78 is 33.3. The summed E-state index contributed by atoms with van der Waals surface area (Å²) >= 11 is 0. The van der Waals surface area contributed by atoms with Gasteiger partial charge in [0.2, 0.25) is 10.0 Å². The summed E-state index contributed by atoms with van der Waals surface area (Å²) in [6, 6.07) is -0.342. The molecule has 0 aliphatic carbocycles. The van der Waals surface area contributed by atoms with Gasteiger partial charge in [-0.3, -0.25) is 9.48 Å². The summed E-state index contributed by atoms with van der Waals surface area (Å²) in [6.07, 6.45) is 3.94. The quantitative estimate of drug-likeness (QED) is 0.754. The van der Waals surface area contributed by atoms with Gasteiger partial charge in [0.05, 0.1) is 12.3 Å². The maximum absolute atomic E-state index is 12.1. The fourth-order valence-corrected chi connectivity index (χ4v) is 3.32. The second kappa shape index (κ2) is 5.90. The zero-order valence-electron chi connectivity index (χ0n) is 11.0. The topological polar surface area (TPSA) is 111 Å². The lowest BCUT2D eigenvalue weighted by Crippen LogP contribution is -2.40. The highest BCUT2D eigenvalue weighted by molar-refractivity contribution is 7.89. The van der Waals surface area contributed by atoms with Gasteiger partial charge in [0, 0.05) is 18.8 Å². The third kappa shape index (κ3) is 3.56. The van der Waals surface area contributed by atoms with Gasteiger partial charge in [-0.2, -0.15) is 5.10 Å². The number of aromatic nitrogens is 2. The molecule has 2 rings (SSSR count). The van der Waals surface area contributed by atoms with Gasteiger partial charge in [0.15, 0.2) is 0 Å². The first-order chi connectivity index (χ1) is 9.38. The summed E-state index contributed by atoms with van der Waals surface area (Å²) in [7, 11) is -3.72. The summed E-state index contributed by atoms with van der Waals surface area (Å²) in [6.45, 7) is 2.01. The van der Waals surface area contributed by atoms with Crippen LogP contribution in [0.15, 0.2) is 17.3 Å². The van der Waals surface area contributed by atoms with Gasteiger partial charge >= 0.3 is 5.97 Å². The van der Waals surface area contributed by atoms with Crippen LogP contribution in [0.25, 0.3) is 0 Å². The largest absolute Gasteiger partial charge is 0.480 e. The van der Waals surface area contributed by atoms with E-state index in [1.165, 1.54) is 6.20 Å². The van der Waals surface area contributed by atoms with Crippen molar-refractivity contribution >= 4 is 16.0 Å². The zero-order valence-corrected chi connectivity index (χ0v) is 11.8. The molecule has 8 nitrogen and oxygen atoms in total. The Morgan fingerprint density at radius 3 is 3.05 bits per heavy atom. The van der Waals surface area contributed by atoms with Crippen LogP contribution >= 0.6 is 0 Å². The number of hydrogen-bond acceptors (Lipinski definition) is 5. The average molecular weight is 303 g/mol. The SMILES string of the molecule is CC(NS(=O)(=O)c1cnn(CC(=O)O)c1)C1CCCO1. The molecular weight excluding hydrogens is 286 g/mol. The molecule has 20 heavy (non-hydrogen) atoms. The van der Waals surface area contributed by atoms with Crippen molar-refractivity contribution in [3.05, 3.63) is 12.4 Å². The van der Waals surface area contributed by atoms with Crippen LogP contribution in [0.4, 0.5) is 0 Å². The lowest BCUT2D eigenvalue weighted by molar-refractivity contribution is -0.137. The van der Waals surface area contributed by atoms with Gasteiger partial charge in [0.1, 0.15) is 11.4 Å². The molecule has 112 valence electrons. The van der Waals surface area contributed by atoms with Crippen LogP contribution in [0, 0.1) is 0 Å². The number of sulfonamides is 1. The number of hydrogen-bond donors (Lipinski definition) is 2. The molecule has 0 spiro atoms. The Morgan fingerprint density at radius 2 is 2.45 bits per heavy atom. The molecule has 1 fully saturated rings. The standard InChI is InChI=1S/C11H17N3O5S/c1-8(10-3-2-4-19-10)13-20(17,18)9-5-12-14(6-9)7-11(15)16/h5-6,8,10,13H,2-4,7H2,1H3,(H,15,16). The minimum Gasteiger partial charge on any atom is -0.480 e. The molecule has 2 atom stereocenters. The van der Waals surface area contributed by atoms with Gasteiger partial charge in [-0.25, -0.2) is 13.1 Å². The molecule has 0 aromatic carbocycles. The molecule has 1 saturated heterocycles. The number of carboxylic acids is 1. The summed E-state index contributed by atoms with van der Waals surface area (Å²) in [4.78, 5) is 10.5. The van der Waals surface area contributed by atoms with E-state index in [9.17, 15) is 13.2 Å². The second-order valence-electron chi connectivity index (χ2n) is 4.73. The molecule has 0 saturated carbocycles. The molecular formula is C11H17N3O5S. The maximum Gasteiger partial charge on any atom is 0.325 e. The van der Waals surface area contributed by atoms with Gasteiger partial charge in [-0.1, -0.05) is 0 Å². The van der Waals surface area contributed by atoms with Crippen molar-refractivity contribution in [1.82, 2.24) is 14.5 Å². The number of nitrogens with one attached hydrogen (secondary N) is 1. The van der Waals surface area contributed by atoms with E-state index in [2.05, 4.69) is 9.82 Å². The number of aliphatic carboxylic acids is 1. The van der Waals surface area contributed by atoms with Crippen LogP contribution < -0.4 is 4.72 Å². The van der Waals surface area contributed by atoms with E-state index in [-0.39, 0.29) is 23.6 Å². The monoisotopic (exact) mass is 303 g/mol. The van der Waals surface area contributed by atoms with Crippen molar-refractivity contribution in [3.8, 4) is 0 Å². The Morgan fingerprint density at radius 1 is 1.70 bits per heavy atom. The highest BCUT2D eigenvalue weighted by atomic mass is 32.2. The molecule has 2 unspecified atom stereocenters. The van der Waals surface area contributed by atoms with Crippen LogP contribution in [0.2, 0.25) is 0 Å². The minimum atomic E-state index is -3.72. The molecule has 1 aromatic heterocycles. The van der Waals surface area contributed by atoms with Crippen LogP contribution in [0.3, 0.4) is 0 Å². The molecule has 2 heterocycles. The Labute approximate surface area is 116 Å². The Kier molecular flexibility index (Phi) is 4.41. The van der Waals surface area contributed by atoms with Crippen molar-refractivity contribution in [2.45, 2.75) is 43.4 Å². The van der Waals surface area contributed by atoms with Gasteiger partial charge in [0.25, 0.3) is 0 Å². The van der Waals surface area contributed by atoms with Crippen molar-refractivity contribution in [2.24, 2.45) is 0 Å². The smallest absolute Gasteiger partial charge is 0.325 e. The first kappa shape index (κ1) is 14.9. The normalized spacial score (nSPS) is 20.9. The molecule has 2 N–H and O–H groups in total. The van der Waals surface area contributed by atoms with Crippen LogP contribution in [-0.4, -0.2) is 48.0 Å². The van der Waals surface area contributed by atoms with Crippen molar-refractivity contribution in [2.75, 3.05) is 6.61 Å². The molecule has 1 aromatic rings. The highest BCUT2D eigenvalue weighted by Crippen LogP contribution is 2.17. The summed E-state index contributed by atoms with van der Waals surface area (Å²) in [5.41, 5.74) is 0. The number of nitrogens with zero attached hydrogens (tertiary/aromatic N) is 2. The third-order valence-corrected chi connectivity index (χ3v) is 4.59. The molecule has 1 aliphatic heterocycles. The molecule has 0 radical (unpaired) electrons. The van der Waals surface area contributed by atoms with E-state index < -0.39 is 16.0 Å². The fourth-order valence-electron chi connectivity index (χ4n) is 2.09. The molecule has 1 aliphatic rings. The minimum absolute atomic E-state index is 0.0522. The maximum atomic E-state index is 12.1. The van der Waals surface area contributed by atoms with Gasteiger partial charge < -0.3 is 9.84 Å². The van der Waals surface area contributed by atoms with Crippen molar-refractivity contribution in [3.63, 3.8) is 0 Å². The lowest BCUT2D eigenvalue weighted by atomic mass is 10.1. The van der Waals surface area contributed by atoms with E-state index in [1.807, 2.05) is 0 Å². The first-order valence-corrected chi connectivity index (χ1v) is 7.75. The highest BCUT2D eigenvalue weighted by Gasteiger charge is 2.27. The van der Waals surface area contributed by atoms with E-state index in [0.29, 0.717) is 6.61 Å². The summed E-state index contributed by atoms with van der Waals surface area (Å²) in [5, 5.41) is 12.3. The lowest BCUT2D eigenvalue weighted by Gasteiger charge is -2.19. The number of carboxylic acid groups (broad SMARTS) is 1. The van der Waals surface area contributed by atoms with Crippen molar-refractivity contribution < 1.29 is 23.1 Å². The first-order valence-electron chi connectivity index (χ1n) is 6.26. The Hall–Kier alpha value is -1.45. The third-order valence-electron chi connectivity index (χ3n) is 3.08. The van der Waals surface area contributed by atoms with Crippen LogP contribution in [0.1, 0.15) is 19.8 Å². The Balaban J connectivity index is 2.05. The van der Waals surface area contributed by atoms with Crippen LogP contribution in [-0.2, 0) is 26.1 Å². The van der Waals surface area contributed by atoms with E-state index >= 15 is 0 Å². The van der Waals surface area contributed by atoms with E-state index in [0.717, 1.165) is 23.7 Å². The summed E-state index contributed by atoms with van der Waals surface area (Å²) in [5.74, 6) is -1.09. The van der Waals surface area contributed by atoms with Gasteiger partial charge in [-0.15, -0.1) is 0 Å². The van der Waals surface area contributed by atoms with E-state index in [1.54, 1.807) is 6.92 Å². The average Bonchev–Trinajstić information content (AvgIpc) is 2.97. The predicted molar refractivity (Wildman–Crippen MR) is 68.6 cm³/mol. The fraction of sp³-hybridized carbons (Fsp3) is 0.636. The Bertz CT molecular complexity index is 577. The number of ether oxygens (including phenoxy) is 1. The zero-order chi connectivity index (χ0) is 14.8. The number of carbonyl (C=O) groups is 1.